The number of rotatable bonds is 8. The van der Waals surface area contributed by atoms with E-state index in [0.717, 1.165) is 49.8 Å². The molecule has 252 valence electrons. The molecule has 2 N–H and O–H groups in total. The highest BCUT2D eigenvalue weighted by Crippen LogP contribution is 2.66. The van der Waals surface area contributed by atoms with E-state index < -0.39 is 17.6 Å². The number of carbonyl (C=O) groups excluding carboxylic acids is 4. The number of quaternary nitrogens is 1. The lowest BCUT2D eigenvalue weighted by atomic mass is 9.64. The van der Waals surface area contributed by atoms with E-state index >= 15 is 0 Å². The lowest BCUT2D eigenvalue weighted by Crippen LogP contribution is -2.69. The SMILES string of the molecule is COC(=O)N1CCC(C(=O)NC(C)C2CCC2)(c2cccc([N+]3(C)C(=O)[C@@H](NC(=O)c4ccnn4C)C(C4CCC4)C4(C)CC43)c2)C1. The fourth-order valence-electron chi connectivity index (χ4n) is 9.49. The van der Waals surface area contributed by atoms with Gasteiger partial charge in [0.1, 0.15) is 23.5 Å². The molecule has 4 amide bonds. The molecule has 0 radical (unpaired) electrons. The molecule has 11 heteroatoms. The van der Waals surface area contributed by atoms with Crippen molar-refractivity contribution in [2.24, 2.45) is 30.2 Å². The highest BCUT2D eigenvalue weighted by molar-refractivity contribution is 6.01. The van der Waals surface area contributed by atoms with Gasteiger partial charge in [-0.3, -0.25) is 14.3 Å². The number of piperidine rings is 1. The Balaban J connectivity index is 1.25. The third-order valence-electron chi connectivity index (χ3n) is 13.0. The second-order valence-corrected chi connectivity index (χ2v) is 15.4. The standard InChI is InChI=1S/C36H48N6O5/c1-22(23-9-6-10-23)38-33(45)36(16-18-41(21-36)34(46)47-5)25-13-8-14-26(19-25)42(4)28-20-35(28,2)29(24-11-7-12-24)30(32(42)44)39-31(43)27-15-17-37-40(27)3/h8,13-15,17,19,22-24,28-30H,6-7,9-12,16,18,20-21H2,1-5H3,(H-,38,39,43,45)/p+1/t22?,28?,29?,30-,35?,36?,42?/m0/s1. The highest BCUT2D eigenvalue weighted by Gasteiger charge is 2.76. The van der Waals surface area contributed by atoms with Crippen molar-refractivity contribution in [1.82, 2.24) is 29.8 Å². The van der Waals surface area contributed by atoms with E-state index in [9.17, 15) is 19.2 Å². The van der Waals surface area contributed by atoms with E-state index in [2.05, 4.69) is 29.6 Å². The summed E-state index contributed by atoms with van der Waals surface area (Å²) in [6, 6.07) is 9.04. The Kier molecular flexibility index (Phi) is 7.76. The summed E-state index contributed by atoms with van der Waals surface area (Å²) in [5.74, 6) is 0.531. The van der Waals surface area contributed by atoms with Crippen LogP contribution in [0.1, 0.15) is 81.3 Å². The van der Waals surface area contributed by atoms with Gasteiger partial charge < -0.3 is 20.3 Å². The monoisotopic (exact) mass is 645 g/mol. The Bertz CT molecular complexity index is 1600. The Labute approximate surface area is 277 Å². The fraction of sp³-hybridized carbons (Fsp3) is 0.639. The number of likely N-dealkylation sites (N-methyl/N-ethyl adjacent to an activating group) is 1. The van der Waals surface area contributed by atoms with E-state index in [1.165, 1.54) is 18.2 Å². The smallest absolute Gasteiger partial charge is 0.409 e. The number of ether oxygens (including phenoxy) is 1. The number of nitrogens with zero attached hydrogens (tertiary/aromatic N) is 4. The molecule has 2 aromatic rings. The van der Waals surface area contributed by atoms with Crippen LogP contribution in [0.15, 0.2) is 36.5 Å². The summed E-state index contributed by atoms with van der Waals surface area (Å²) in [4.78, 5) is 57.1. The molecule has 7 atom stereocenters. The topological polar surface area (TPSA) is 123 Å². The van der Waals surface area contributed by atoms with Crippen molar-refractivity contribution in [3.05, 3.63) is 47.8 Å². The average molecular weight is 646 g/mol. The highest BCUT2D eigenvalue weighted by atomic mass is 16.5. The van der Waals surface area contributed by atoms with Gasteiger partial charge in [0.15, 0.2) is 0 Å². The van der Waals surface area contributed by atoms with Crippen molar-refractivity contribution >= 4 is 29.5 Å². The van der Waals surface area contributed by atoms with Crippen LogP contribution < -0.4 is 15.1 Å². The molecule has 47 heavy (non-hydrogen) atoms. The van der Waals surface area contributed by atoms with Crippen LogP contribution in [-0.4, -0.2) is 83.9 Å². The summed E-state index contributed by atoms with van der Waals surface area (Å²) >= 11 is 0. The maximum Gasteiger partial charge on any atom is 0.409 e. The zero-order chi connectivity index (χ0) is 33.3. The largest absolute Gasteiger partial charge is 0.453 e. The number of aryl methyl sites for hydroxylation is 1. The second-order valence-electron chi connectivity index (χ2n) is 15.4. The number of carbonyl (C=O) groups is 4. The first-order valence-corrected chi connectivity index (χ1v) is 17.4. The lowest BCUT2D eigenvalue weighted by Gasteiger charge is -2.49. The fourth-order valence-corrected chi connectivity index (χ4v) is 9.49. The van der Waals surface area contributed by atoms with Crippen LogP contribution in [0.5, 0.6) is 0 Å². The minimum Gasteiger partial charge on any atom is -0.453 e. The van der Waals surface area contributed by atoms with Crippen LogP contribution in [0.25, 0.3) is 0 Å². The van der Waals surface area contributed by atoms with Gasteiger partial charge in [-0.25, -0.2) is 14.1 Å². The second kappa shape index (κ2) is 11.5. The number of hydrogen-bond donors (Lipinski definition) is 2. The maximum absolute atomic E-state index is 14.9. The first kappa shape index (κ1) is 31.8. The van der Waals surface area contributed by atoms with Crippen molar-refractivity contribution in [3.8, 4) is 0 Å². The van der Waals surface area contributed by atoms with E-state index in [1.807, 2.05) is 31.3 Å². The summed E-state index contributed by atoms with van der Waals surface area (Å²) in [5, 5.41) is 10.7. The van der Waals surface area contributed by atoms with Gasteiger partial charge in [-0.1, -0.05) is 44.7 Å². The molecular weight excluding hydrogens is 596 g/mol. The molecule has 11 nitrogen and oxygen atoms in total. The summed E-state index contributed by atoms with van der Waals surface area (Å²) in [6.45, 7) is 4.97. The Hall–Kier alpha value is -3.73. The molecule has 1 aromatic carbocycles. The minimum absolute atomic E-state index is 0.0192. The Morgan fingerprint density at radius 3 is 2.49 bits per heavy atom. The number of benzene rings is 1. The number of nitrogens with one attached hydrogen (secondary N) is 2. The molecule has 3 aliphatic carbocycles. The molecule has 0 spiro atoms. The first-order chi connectivity index (χ1) is 22.4. The molecule has 3 saturated carbocycles. The van der Waals surface area contributed by atoms with Crippen LogP contribution in [0, 0.1) is 23.2 Å². The van der Waals surface area contributed by atoms with Crippen molar-refractivity contribution in [1.29, 1.82) is 0 Å². The number of aromatic nitrogens is 2. The van der Waals surface area contributed by atoms with Gasteiger partial charge in [-0.15, -0.1) is 0 Å². The van der Waals surface area contributed by atoms with Gasteiger partial charge >= 0.3 is 12.0 Å². The molecule has 3 heterocycles. The molecule has 6 unspecified atom stereocenters. The number of methoxy groups -OCH3 is 1. The van der Waals surface area contributed by atoms with E-state index in [1.54, 1.807) is 24.2 Å². The van der Waals surface area contributed by atoms with Crippen molar-refractivity contribution in [2.75, 3.05) is 27.2 Å². The summed E-state index contributed by atoms with van der Waals surface area (Å²) in [5.41, 5.74) is 0.935. The maximum atomic E-state index is 14.9. The summed E-state index contributed by atoms with van der Waals surface area (Å²) in [7, 11) is 5.08. The summed E-state index contributed by atoms with van der Waals surface area (Å²) in [6.07, 6.45) is 9.19. The third kappa shape index (κ3) is 4.90. The number of amides is 4. The van der Waals surface area contributed by atoms with E-state index in [-0.39, 0.29) is 52.2 Å². The summed E-state index contributed by atoms with van der Waals surface area (Å²) < 4.78 is 6.65. The van der Waals surface area contributed by atoms with Crippen molar-refractivity contribution in [2.45, 2.75) is 88.8 Å². The van der Waals surface area contributed by atoms with Gasteiger partial charge in [0.2, 0.25) is 5.91 Å². The van der Waals surface area contributed by atoms with E-state index in [4.69, 9.17) is 4.74 Å². The number of fused-ring (bicyclic) bond motifs is 1. The Morgan fingerprint density at radius 2 is 1.87 bits per heavy atom. The molecule has 5 aliphatic rings. The van der Waals surface area contributed by atoms with Crippen LogP contribution >= 0.6 is 0 Å². The number of likely N-dealkylation sites (tertiary alicyclic amines) is 2. The quantitative estimate of drug-likeness (QED) is 0.420. The van der Waals surface area contributed by atoms with Gasteiger partial charge in [-0.2, -0.15) is 5.10 Å². The zero-order valence-electron chi connectivity index (χ0n) is 28.3. The van der Waals surface area contributed by atoms with Crippen LogP contribution in [0.4, 0.5) is 10.5 Å². The molecule has 5 fully saturated rings. The van der Waals surface area contributed by atoms with Gasteiger partial charge in [0.25, 0.3) is 5.91 Å². The Morgan fingerprint density at radius 1 is 1.13 bits per heavy atom. The predicted molar refractivity (Wildman–Crippen MR) is 176 cm³/mol. The van der Waals surface area contributed by atoms with Crippen LogP contribution in [0.2, 0.25) is 0 Å². The van der Waals surface area contributed by atoms with Crippen molar-refractivity contribution in [3.63, 3.8) is 0 Å². The van der Waals surface area contributed by atoms with E-state index in [0.29, 0.717) is 30.5 Å². The molecule has 1 aromatic heterocycles. The minimum atomic E-state index is -0.978. The van der Waals surface area contributed by atoms with Gasteiger partial charge in [0.05, 0.1) is 19.6 Å². The normalized spacial score (nSPS) is 34.1. The van der Waals surface area contributed by atoms with Crippen molar-refractivity contribution < 1.29 is 23.9 Å². The average Bonchev–Trinajstić information content (AvgIpc) is 3.31. The third-order valence-corrected chi connectivity index (χ3v) is 13.0. The molecule has 0 bridgehead atoms. The van der Waals surface area contributed by atoms with Gasteiger partial charge in [-0.05, 0) is 55.7 Å². The van der Waals surface area contributed by atoms with Gasteiger partial charge in [0, 0.05) is 56.2 Å². The predicted octanol–water partition coefficient (Wildman–Crippen LogP) is 3.91. The number of hydrogen-bond acceptors (Lipinski definition) is 6. The first-order valence-electron chi connectivity index (χ1n) is 17.4. The zero-order valence-corrected chi connectivity index (χ0v) is 28.3. The molecular formula is C36H49N6O5+. The molecule has 7 rings (SSSR count). The molecule has 2 aliphatic heterocycles. The molecule has 2 saturated heterocycles. The van der Waals surface area contributed by atoms with Crippen LogP contribution in [0.3, 0.4) is 0 Å². The lowest BCUT2D eigenvalue weighted by molar-refractivity contribution is -0.140. The van der Waals surface area contributed by atoms with Crippen LogP contribution in [-0.2, 0) is 26.8 Å².